The van der Waals surface area contributed by atoms with Gasteiger partial charge in [0.1, 0.15) is 5.82 Å². The fourth-order valence-electron chi connectivity index (χ4n) is 3.43. The summed E-state index contributed by atoms with van der Waals surface area (Å²) in [5.41, 5.74) is 0.204. The minimum Gasteiger partial charge on any atom is -0.481 e. The molecule has 5 nitrogen and oxygen atoms in total. The van der Waals surface area contributed by atoms with Crippen LogP contribution in [0.25, 0.3) is 0 Å². The van der Waals surface area contributed by atoms with Crippen molar-refractivity contribution in [3.63, 3.8) is 0 Å². The fraction of sp³-hybridized carbons (Fsp3) is 0.619. The largest absolute Gasteiger partial charge is 0.481 e. The molecule has 0 spiro atoms. The Labute approximate surface area is 173 Å². The maximum absolute atomic E-state index is 13.4. The summed E-state index contributed by atoms with van der Waals surface area (Å²) >= 11 is 0. The molecule has 1 aliphatic heterocycles. The number of piperidine rings is 1. The monoisotopic (exact) mass is 432 g/mol. The second-order valence-corrected chi connectivity index (χ2v) is 7.80. The summed E-state index contributed by atoms with van der Waals surface area (Å²) in [7, 11) is 0. The number of carbonyl (C=O) groups is 2. The molecule has 1 amide bonds. The van der Waals surface area contributed by atoms with Gasteiger partial charge >= 0.3 is 12.1 Å². The van der Waals surface area contributed by atoms with Crippen LogP contribution in [0.2, 0.25) is 0 Å². The number of halogens is 4. The molecule has 0 bridgehead atoms. The standard InChI is InChI=1S/C13H13F4NO3.C8H15N/c14-9-3-1-8(2-4-12(20)21)7-10(9)18-11(19)5-6-13(15,16)17;1-2-7(1)8-3-5-9-6-4-8/h1,3,7H,2,4-6H2,(H,18,19)(H,20,21);7-9H,1-6H2. The molecule has 1 aromatic rings. The average Bonchev–Trinajstić information content (AvgIpc) is 3.53. The van der Waals surface area contributed by atoms with E-state index in [1.165, 1.54) is 50.9 Å². The van der Waals surface area contributed by atoms with Crippen LogP contribution < -0.4 is 10.6 Å². The quantitative estimate of drug-likeness (QED) is 0.554. The van der Waals surface area contributed by atoms with Crippen molar-refractivity contribution in [1.82, 2.24) is 5.32 Å². The minimum atomic E-state index is -4.46. The molecular formula is C21H28F4N2O3. The van der Waals surface area contributed by atoms with E-state index in [9.17, 15) is 27.2 Å². The highest BCUT2D eigenvalue weighted by atomic mass is 19.4. The lowest BCUT2D eigenvalue weighted by Crippen LogP contribution is -2.28. The summed E-state index contributed by atoms with van der Waals surface area (Å²) in [4.78, 5) is 21.7. The van der Waals surface area contributed by atoms with Crippen molar-refractivity contribution in [3.05, 3.63) is 29.6 Å². The maximum atomic E-state index is 13.4. The highest BCUT2D eigenvalue weighted by Crippen LogP contribution is 2.40. The van der Waals surface area contributed by atoms with E-state index in [1.807, 2.05) is 5.32 Å². The predicted octanol–water partition coefficient (Wildman–Crippen LogP) is 4.52. The number of hydrogen-bond acceptors (Lipinski definition) is 3. The SMILES string of the molecule is C1CC(C2CC2)CCN1.O=C(O)CCc1ccc(F)c(NC(=O)CCC(F)(F)F)c1. The van der Waals surface area contributed by atoms with E-state index in [0.717, 1.165) is 17.9 Å². The maximum Gasteiger partial charge on any atom is 0.389 e. The van der Waals surface area contributed by atoms with Crippen LogP contribution in [0.15, 0.2) is 18.2 Å². The van der Waals surface area contributed by atoms with E-state index < -0.39 is 36.7 Å². The molecule has 30 heavy (non-hydrogen) atoms. The number of carbonyl (C=O) groups excluding carboxylic acids is 1. The van der Waals surface area contributed by atoms with E-state index >= 15 is 0 Å². The average molecular weight is 432 g/mol. The van der Waals surface area contributed by atoms with Gasteiger partial charge in [0, 0.05) is 12.8 Å². The number of aliphatic carboxylic acids is 1. The number of alkyl halides is 3. The number of nitrogens with one attached hydrogen (secondary N) is 2. The number of anilines is 1. The van der Waals surface area contributed by atoms with Crippen molar-refractivity contribution in [2.75, 3.05) is 18.4 Å². The molecule has 3 rings (SSSR count). The number of aryl methyl sites for hydroxylation is 1. The van der Waals surface area contributed by atoms with Gasteiger partial charge in [-0.3, -0.25) is 9.59 Å². The topological polar surface area (TPSA) is 78.4 Å². The molecule has 0 aromatic heterocycles. The van der Waals surface area contributed by atoms with Crippen molar-refractivity contribution >= 4 is 17.6 Å². The van der Waals surface area contributed by atoms with Gasteiger partial charge in [-0.1, -0.05) is 6.07 Å². The number of carboxylic acids is 1. The van der Waals surface area contributed by atoms with Gasteiger partial charge in [0.2, 0.25) is 5.91 Å². The molecular weight excluding hydrogens is 404 g/mol. The van der Waals surface area contributed by atoms with Crippen molar-refractivity contribution in [2.45, 2.75) is 57.5 Å². The van der Waals surface area contributed by atoms with Crippen LogP contribution >= 0.6 is 0 Å². The van der Waals surface area contributed by atoms with Crippen LogP contribution in [0.1, 0.15) is 50.5 Å². The van der Waals surface area contributed by atoms with Crippen molar-refractivity contribution in [3.8, 4) is 0 Å². The Hall–Kier alpha value is -2.16. The molecule has 2 fully saturated rings. The molecule has 9 heteroatoms. The molecule has 0 radical (unpaired) electrons. The minimum absolute atomic E-state index is 0.126. The first-order chi connectivity index (χ1) is 14.1. The van der Waals surface area contributed by atoms with Crippen LogP contribution in [0.3, 0.4) is 0 Å². The van der Waals surface area contributed by atoms with Crippen LogP contribution in [-0.2, 0) is 16.0 Å². The number of hydrogen-bond donors (Lipinski definition) is 3. The first kappa shape index (κ1) is 24.1. The Kier molecular flexibility index (Phi) is 9.08. The summed E-state index contributed by atoms with van der Waals surface area (Å²) < 4.78 is 49.3. The second-order valence-electron chi connectivity index (χ2n) is 7.80. The molecule has 1 aromatic carbocycles. The van der Waals surface area contributed by atoms with Gasteiger partial charge in [-0.15, -0.1) is 0 Å². The molecule has 1 aliphatic carbocycles. The molecule has 3 N–H and O–H groups in total. The van der Waals surface area contributed by atoms with Gasteiger partial charge in [0.25, 0.3) is 0 Å². The summed E-state index contributed by atoms with van der Waals surface area (Å²) in [5.74, 6) is -0.538. The molecule has 0 unspecified atom stereocenters. The lowest BCUT2D eigenvalue weighted by Gasteiger charge is -2.21. The van der Waals surface area contributed by atoms with Gasteiger partial charge in [-0.05, 0) is 74.7 Å². The Morgan fingerprint density at radius 1 is 1.07 bits per heavy atom. The molecule has 1 heterocycles. The highest BCUT2D eigenvalue weighted by Gasteiger charge is 2.31. The lowest BCUT2D eigenvalue weighted by atomic mass is 9.93. The number of amides is 1. The van der Waals surface area contributed by atoms with E-state index in [4.69, 9.17) is 5.11 Å². The van der Waals surface area contributed by atoms with Crippen molar-refractivity contribution in [2.24, 2.45) is 11.8 Å². The zero-order valence-corrected chi connectivity index (χ0v) is 16.7. The van der Waals surface area contributed by atoms with Gasteiger partial charge in [-0.2, -0.15) is 13.2 Å². The number of rotatable bonds is 7. The van der Waals surface area contributed by atoms with Crippen molar-refractivity contribution in [1.29, 1.82) is 0 Å². The first-order valence-corrected chi connectivity index (χ1v) is 10.2. The molecule has 1 saturated heterocycles. The summed E-state index contributed by atoms with van der Waals surface area (Å²) in [5, 5.41) is 14.0. The lowest BCUT2D eigenvalue weighted by molar-refractivity contribution is -0.142. The van der Waals surface area contributed by atoms with Gasteiger partial charge in [0.15, 0.2) is 0 Å². The van der Waals surface area contributed by atoms with Crippen LogP contribution in [0, 0.1) is 17.7 Å². The summed E-state index contributed by atoms with van der Waals surface area (Å²) in [6, 6.07) is 3.59. The molecule has 0 atom stereocenters. The van der Waals surface area contributed by atoms with E-state index in [2.05, 4.69) is 5.32 Å². The van der Waals surface area contributed by atoms with Crippen LogP contribution in [0.4, 0.5) is 23.2 Å². The Morgan fingerprint density at radius 2 is 1.70 bits per heavy atom. The summed E-state index contributed by atoms with van der Waals surface area (Å²) in [6.07, 6.45) is -0.639. The van der Waals surface area contributed by atoms with Crippen LogP contribution in [-0.4, -0.2) is 36.2 Å². The normalized spacial score (nSPS) is 17.1. The van der Waals surface area contributed by atoms with Gasteiger partial charge < -0.3 is 15.7 Å². The van der Waals surface area contributed by atoms with Crippen molar-refractivity contribution < 1.29 is 32.3 Å². The number of benzene rings is 1. The van der Waals surface area contributed by atoms with Crippen LogP contribution in [0.5, 0.6) is 0 Å². The van der Waals surface area contributed by atoms with E-state index in [-0.39, 0.29) is 18.5 Å². The van der Waals surface area contributed by atoms with E-state index in [1.54, 1.807) is 0 Å². The third kappa shape index (κ3) is 9.56. The van der Waals surface area contributed by atoms with Gasteiger partial charge in [-0.25, -0.2) is 4.39 Å². The number of carboxylic acid groups (broad SMARTS) is 1. The third-order valence-corrected chi connectivity index (χ3v) is 5.24. The zero-order valence-electron chi connectivity index (χ0n) is 16.7. The summed E-state index contributed by atoms with van der Waals surface area (Å²) in [6.45, 7) is 2.56. The zero-order chi connectivity index (χ0) is 22.1. The molecule has 168 valence electrons. The smallest absolute Gasteiger partial charge is 0.389 e. The Balaban J connectivity index is 0.000000290. The molecule has 1 saturated carbocycles. The molecule has 2 aliphatic rings. The second kappa shape index (κ2) is 11.3. The Morgan fingerprint density at radius 3 is 2.27 bits per heavy atom. The fourth-order valence-corrected chi connectivity index (χ4v) is 3.43. The van der Waals surface area contributed by atoms with Gasteiger partial charge in [0.05, 0.1) is 12.1 Å². The third-order valence-electron chi connectivity index (χ3n) is 5.24. The predicted molar refractivity (Wildman–Crippen MR) is 105 cm³/mol. The van der Waals surface area contributed by atoms with E-state index in [0.29, 0.717) is 5.56 Å². The highest BCUT2D eigenvalue weighted by molar-refractivity contribution is 5.90. The first-order valence-electron chi connectivity index (χ1n) is 10.2. The Bertz CT molecular complexity index is 715.